The third kappa shape index (κ3) is 6.40. The Balaban J connectivity index is 1.52. The minimum Gasteiger partial charge on any atom is -0.497 e. The van der Waals surface area contributed by atoms with Crippen molar-refractivity contribution in [3.63, 3.8) is 0 Å². The molecule has 0 amide bonds. The SMILES string of the molecule is COc1ccc(COc2ccc(CNc3cccc(OC(C)(C)C(=O)O)c3)cc2)cc1. The van der Waals surface area contributed by atoms with E-state index in [1.807, 2.05) is 60.7 Å². The molecule has 0 spiro atoms. The zero-order valence-corrected chi connectivity index (χ0v) is 17.9. The van der Waals surface area contributed by atoms with E-state index in [4.69, 9.17) is 14.2 Å². The molecule has 0 aliphatic heterocycles. The topological polar surface area (TPSA) is 77.0 Å². The molecule has 0 aliphatic rings. The second-order valence-electron chi connectivity index (χ2n) is 7.58. The van der Waals surface area contributed by atoms with E-state index in [1.54, 1.807) is 19.2 Å². The average Bonchev–Trinajstić information content (AvgIpc) is 2.77. The van der Waals surface area contributed by atoms with Crippen molar-refractivity contribution in [3.05, 3.63) is 83.9 Å². The van der Waals surface area contributed by atoms with Gasteiger partial charge in [-0.2, -0.15) is 0 Å². The van der Waals surface area contributed by atoms with Crippen molar-refractivity contribution in [2.75, 3.05) is 12.4 Å². The van der Waals surface area contributed by atoms with Crippen molar-refractivity contribution < 1.29 is 24.1 Å². The quantitative estimate of drug-likeness (QED) is 0.473. The number of aliphatic carboxylic acids is 1. The molecule has 3 rings (SSSR count). The van der Waals surface area contributed by atoms with Gasteiger partial charge in [-0.25, -0.2) is 4.79 Å². The number of ether oxygens (including phenoxy) is 3. The maximum atomic E-state index is 11.2. The first-order valence-corrected chi connectivity index (χ1v) is 9.97. The molecule has 2 N–H and O–H groups in total. The molecule has 31 heavy (non-hydrogen) atoms. The van der Waals surface area contributed by atoms with Crippen molar-refractivity contribution in [2.45, 2.75) is 32.6 Å². The third-order valence-electron chi connectivity index (χ3n) is 4.71. The van der Waals surface area contributed by atoms with Crippen LogP contribution >= 0.6 is 0 Å². The molecule has 162 valence electrons. The van der Waals surface area contributed by atoms with E-state index in [0.717, 1.165) is 28.3 Å². The standard InChI is InChI=1S/C25H27NO5/c1-25(2,24(27)28)31-23-6-4-5-20(15-23)26-16-18-7-13-22(14-8-18)30-17-19-9-11-21(29-3)12-10-19/h4-15,26H,16-17H2,1-3H3,(H,27,28). The number of benzene rings is 3. The highest BCUT2D eigenvalue weighted by Crippen LogP contribution is 2.23. The Hall–Kier alpha value is -3.67. The largest absolute Gasteiger partial charge is 0.497 e. The maximum Gasteiger partial charge on any atom is 0.347 e. The van der Waals surface area contributed by atoms with Crippen LogP contribution in [0.5, 0.6) is 17.2 Å². The lowest BCUT2D eigenvalue weighted by molar-refractivity contribution is -0.152. The van der Waals surface area contributed by atoms with E-state index in [0.29, 0.717) is 18.9 Å². The van der Waals surface area contributed by atoms with E-state index >= 15 is 0 Å². The van der Waals surface area contributed by atoms with Crippen molar-refractivity contribution in [2.24, 2.45) is 0 Å². The molecule has 0 bridgehead atoms. The summed E-state index contributed by atoms with van der Waals surface area (Å²) in [7, 11) is 1.65. The number of nitrogens with one attached hydrogen (secondary N) is 1. The molecular formula is C25H27NO5. The van der Waals surface area contributed by atoms with Crippen LogP contribution in [0.3, 0.4) is 0 Å². The van der Waals surface area contributed by atoms with Gasteiger partial charge in [0, 0.05) is 18.3 Å². The molecule has 6 heteroatoms. The summed E-state index contributed by atoms with van der Waals surface area (Å²) in [5, 5.41) is 12.5. The number of carboxylic acids is 1. The van der Waals surface area contributed by atoms with E-state index in [2.05, 4.69) is 5.32 Å². The minimum absolute atomic E-state index is 0.487. The lowest BCUT2D eigenvalue weighted by Crippen LogP contribution is -2.37. The fourth-order valence-corrected chi connectivity index (χ4v) is 2.80. The fraction of sp³-hybridized carbons (Fsp3) is 0.240. The van der Waals surface area contributed by atoms with Gasteiger partial charge < -0.3 is 24.6 Å². The Morgan fingerprint density at radius 3 is 2.19 bits per heavy atom. The number of hydrogen-bond acceptors (Lipinski definition) is 5. The predicted molar refractivity (Wildman–Crippen MR) is 120 cm³/mol. The molecule has 0 atom stereocenters. The number of carboxylic acid groups (broad SMARTS) is 1. The van der Waals surface area contributed by atoms with Gasteiger partial charge in [-0.15, -0.1) is 0 Å². The molecule has 6 nitrogen and oxygen atoms in total. The first kappa shape index (κ1) is 22.0. The van der Waals surface area contributed by atoms with Crippen molar-refractivity contribution >= 4 is 11.7 Å². The Morgan fingerprint density at radius 2 is 1.55 bits per heavy atom. The maximum absolute atomic E-state index is 11.2. The molecule has 0 aromatic heterocycles. The van der Waals surface area contributed by atoms with Crippen LogP contribution in [0, 0.1) is 0 Å². The number of methoxy groups -OCH3 is 1. The van der Waals surface area contributed by atoms with Crippen molar-refractivity contribution in [1.82, 2.24) is 0 Å². The lowest BCUT2D eigenvalue weighted by atomic mass is 10.1. The van der Waals surface area contributed by atoms with Crippen LogP contribution < -0.4 is 19.5 Å². The van der Waals surface area contributed by atoms with Crippen LogP contribution in [0.15, 0.2) is 72.8 Å². The zero-order valence-electron chi connectivity index (χ0n) is 17.9. The number of rotatable bonds is 10. The van der Waals surface area contributed by atoms with Gasteiger partial charge >= 0.3 is 5.97 Å². The smallest absolute Gasteiger partial charge is 0.347 e. The van der Waals surface area contributed by atoms with Crippen LogP contribution in [0.25, 0.3) is 0 Å². The molecule has 3 aromatic carbocycles. The highest BCUT2D eigenvalue weighted by molar-refractivity contribution is 5.76. The van der Waals surface area contributed by atoms with Crippen LogP contribution in [0.2, 0.25) is 0 Å². The van der Waals surface area contributed by atoms with Crippen LogP contribution in [0.1, 0.15) is 25.0 Å². The molecule has 0 radical (unpaired) electrons. The number of carbonyl (C=O) groups is 1. The van der Waals surface area contributed by atoms with Gasteiger partial charge in [-0.05, 0) is 61.4 Å². The summed E-state index contributed by atoms with van der Waals surface area (Å²) in [6.07, 6.45) is 0. The summed E-state index contributed by atoms with van der Waals surface area (Å²) in [5.41, 5.74) is 1.72. The van der Waals surface area contributed by atoms with Gasteiger partial charge in [0.1, 0.15) is 23.9 Å². The first-order valence-electron chi connectivity index (χ1n) is 9.97. The lowest BCUT2D eigenvalue weighted by Gasteiger charge is -2.22. The van der Waals surface area contributed by atoms with Crippen LogP contribution in [-0.2, 0) is 17.9 Å². The second kappa shape index (κ2) is 9.89. The molecule has 0 heterocycles. The molecular weight excluding hydrogens is 394 g/mol. The van der Waals surface area contributed by atoms with Gasteiger partial charge in [0.2, 0.25) is 0 Å². The Bertz CT molecular complexity index is 997. The summed E-state index contributed by atoms with van der Waals surface area (Å²) in [6, 6.07) is 22.9. The Labute approximate surface area is 182 Å². The van der Waals surface area contributed by atoms with Crippen molar-refractivity contribution in [1.29, 1.82) is 0 Å². The van der Waals surface area contributed by atoms with E-state index in [9.17, 15) is 9.90 Å². The van der Waals surface area contributed by atoms with E-state index in [-0.39, 0.29) is 0 Å². The minimum atomic E-state index is -1.29. The second-order valence-corrected chi connectivity index (χ2v) is 7.58. The normalized spacial score (nSPS) is 10.9. The molecule has 0 saturated carbocycles. The van der Waals surface area contributed by atoms with Crippen LogP contribution in [-0.4, -0.2) is 23.8 Å². The van der Waals surface area contributed by atoms with E-state index in [1.165, 1.54) is 13.8 Å². The van der Waals surface area contributed by atoms with Crippen molar-refractivity contribution in [3.8, 4) is 17.2 Å². The molecule has 0 saturated heterocycles. The zero-order chi connectivity index (χ0) is 22.3. The predicted octanol–water partition coefficient (Wildman–Crippen LogP) is 5.13. The van der Waals surface area contributed by atoms with E-state index < -0.39 is 11.6 Å². The molecule has 0 aliphatic carbocycles. The first-order chi connectivity index (χ1) is 14.9. The van der Waals surface area contributed by atoms with Gasteiger partial charge in [-0.3, -0.25) is 0 Å². The summed E-state index contributed by atoms with van der Waals surface area (Å²) in [5.74, 6) is 1.11. The third-order valence-corrected chi connectivity index (χ3v) is 4.71. The monoisotopic (exact) mass is 421 g/mol. The average molecular weight is 421 g/mol. The van der Waals surface area contributed by atoms with Gasteiger partial charge in [0.25, 0.3) is 0 Å². The molecule has 3 aromatic rings. The highest BCUT2D eigenvalue weighted by Gasteiger charge is 2.29. The summed E-state index contributed by atoms with van der Waals surface area (Å²) in [6.45, 7) is 4.15. The van der Waals surface area contributed by atoms with Crippen LogP contribution in [0.4, 0.5) is 5.69 Å². The number of hydrogen-bond donors (Lipinski definition) is 2. The summed E-state index contributed by atoms with van der Waals surface area (Å²) < 4.78 is 16.6. The fourth-order valence-electron chi connectivity index (χ4n) is 2.80. The molecule has 0 fully saturated rings. The Morgan fingerprint density at radius 1 is 0.903 bits per heavy atom. The summed E-state index contributed by atoms with van der Waals surface area (Å²) >= 11 is 0. The van der Waals surface area contributed by atoms with Gasteiger partial charge in [0.05, 0.1) is 7.11 Å². The highest BCUT2D eigenvalue weighted by atomic mass is 16.5. The van der Waals surface area contributed by atoms with Gasteiger partial charge in [-0.1, -0.05) is 30.3 Å². The van der Waals surface area contributed by atoms with Gasteiger partial charge in [0.15, 0.2) is 5.60 Å². The Kier molecular flexibility index (Phi) is 7.03. The number of anilines is 1. The summed E-state index contributed by atoms with van der Waals surface area (Å²) in [4.78, 5) is 11.2. The molecule has 0 unspecified atom stereocenters.